The van der Waals surface area contributed by atoms with E-state index < -0.39 is 11.5 Å². The quantitative estimate of drug-likeness (QED) is 0.872. The Morgan fingerprint density at radius 1 is 1.57 bits per heavy atom. The summed E-state index contributed by atoms with van der Waals surface area (Å²) in [5, 5.41) is 8.71. The topological polar surface area (TPSA) is 63.3 Å². The lowest BCUT2D eigenvalue weighted by atomic mass is 9.90. The van der Waals surface area contributed by atoms with Gasteiger partial charge in [0.25, 0.3) is 0 Å². The van der Waals surface area contributed by atoms with Crippen molar-refractivity contribution in [3.63, 3.8) is 0 Å². The maximum atomic E-state index is 10.6. The molecule has 0 heterocycles. The summed E-state index contributed by atoms with van der Waals surface area (Å²) < 4.78 is 0.839. The van der Waals surface area contributed by atoms with Crippen molar-refractivity contribution < 1.29 is 9.90 Å². The number of hydrogen-bond donors (Lipinski definition) is 2. The number of hydrogen-bond acceptors (Lipinski definition) is 2. The van der Waals surface area contributed by atoms with Crippen LogP contribution in [0, 0.1) is 0 Å². The molecule has 3 N–H and O–H groups in total. The standard InChI is InChI=1S/C10H12BrNO2/c1-10(12,6-9(13)14)7-4-2-3-5-8(7)11/h2-5H,6,12H2,1H3,(H,13,14)/t10-/m1/s1. The zero-order valence-electron chi connectivity index (χ0n) is 7.83. The van der Waals surface area contributed by atoms with E-state index in [1.165, 1.54) is 0 Å². The van der Waals surface area contributed by atoms with Crippen LogP contribution >= 0.6 is 15.9 Å². The third-order valence-electron chi connectivity index (χ3n) is 2.01. The molecule has 0 aliphatic rings. The molecule has 0 bridgehead atoms. The van der Waals surface area contributed by atoms with Crippen molar-refractivity contribution in [2.45, 2.75) is 18.9 Å². The molecule has 0 amide bonds. The van der Waals surface area contributed by atoms with Gasteiger partial charge in [-0.25, -0.2) is 0 Å². The fourth-order valence-corrected chi connectivity index (χ4v) is 2.07. The molecule has 0 unspecified atom stereocenters. The van der Waals surface area contributed by atoms with Gasteiger partial charge >= 0.3 is 5.97 Å². The average Bonchev–Trinajstić information content (AvgIpc) is 2.02. The van der Waals surface area contributed by atoms with Gasteiger partial charge in [-0.3, -0.25) is 4.79 Å². The predicted molar refractivity (Wildman–Crippen MR) is 57.9 cm³/mol. The van der Waals surface area contributed by atoms with E-state index in [4.69, 9.17) is 10.8 Å². The van der Waals surface area contributed by atoms with Crippen LogP contribution in [0.5, 0.6) is 0 Å². The molecule has 0 aromatic heterocycles. The van der Waals surface area contributed by atoms with Crippen LogP contribution in [-0.4, -0.2) is 11.1 Å². The van der Waals surface area contributed by atoms with Crippen LogP contribution in [-0.2, 0) is 10.3 Å². The van der Waals surface area contributed by atoms with Crippen molar-refractivity contribution in [2.75, 3.05) is 0 Å². The van der Waals surface area contributed by atoms with Gasteiger partial charge in [0.1, 0.15) is 0 Å². The lowest BCUT2D eigenvalue weighted by Crippen LogP contribution is -2.35. The molecule has 1 aromatic carbocycles. The van der Waals surface area contributed by atoms with Crippen molar-refractivity contribution in [1.82, 2.24) is 0 Å². The fraction of sp³-hybridized carbons (Fsp3) is 0.300. The van der Waals surface area contributed by atoms with Crippen LogP contribution < -0.4 is 5.73 Å². The fourth-order valence-electron chi connectivity index (χ4n) is 1.33. The summed E-state index contributed by atoms with van der Waals surface area (Å²) in [5.74, 6) is -0.897. The summed E-state index contributed by atoms with van der Waals surface area (Å²) in [6.45, 7) is 1.71. The van der Waals surface area contributed by atoms with Crippen molar-refractivity contribution >= 4 is 21.9 Å². The Hall–Kier alpha value is -0.870. The second-order valence-corrected chi connectivity index (χ2v) is 4.32. The van der Waals surface area contributed by atoms with Crippen LogP contribution in [0.4, 0.5) is 0 Å². The SMILES string of the molecule is C[C@@](N)(CC(=O)O)c1ccccc1Br. The Kier molecular flexibility index (Phi) is 3.29. The predicted octanol–water partition coefficient (Wildman–Crippen LogP) is 2.10. The number of carbonyl (C=O) groups is 1. The number of aliphatic carboxylic acids is 1. The highest BCUT2D eigenvalue weighted by Crippen LogP contribution is 2.28. The molecule has 1 atom stereocenters. The maximum absolute atomic E-state index is 10.6. The lowest BCUT2D eigenvalue weighted by Gasteiger charge is -2.24. The normalized spacial score (nSPS) is 14.8. The van der Waals surface area contributed by atoms with Gasteiger partial charge in [-0.15, -0.1) is 0 Å². The van der Waals surface area contributed by atoms with E-state index in [1.54, 1.807) is 6.92 Å². The Bertz CT molecular complexity index is 350. The first-order valence-corrected chi connectivity index (χ1v) is 4.98. The van der Waals surface area contributed by atoms with Gasteiger partial charge in [-0.1, -0.05) is 34.1 Å². The Balaban J connectivity index is 3.03. The molecule has 4 heteroatoms. The first-order valence-electron chi connectivity index (χ1n) is 4.19. The number of nitrogens with two attached hydrogens (primary N) is 1. The minimum atomic E-state index is -0.897. The molecule has 0 radical (unpaired) electrons. The zero-order valence-corrected chi connectivity index (χ0v) is 9.41. The molecule has 0 saturated carbocycles. The van der Waals surface area contributed by atoms with Gasteiger partial charge in [0, 0.05) is 10.0 Å². The van der Waals surface area contributed by atoms with Crippen molar-refractivity contribution in [3.8, 4) is 0 Å². The van der Waals surface area contributed by atoms with E-state index in [2.05, 4.69) is 15.9 Å². The van der Waals surface area contributed by atoms with E-state index in [0.717, 1.165) is 10.0 Å². The van der Waals surface area contributed by atoms with E-state index in [9.17, 15) is 4.79 Å². The number of carboxylic acid groups (broad SMARTS) is 1. The maximum Gasteiger partial charge on any atom is 0.305 e. The number of benzene rings is 1. The van der Waals surface area contributed by atoms with E-state index >= 15 is 0 Å². The van der Waals surface area contributed by atoms with Gasteiger partial charge in [-0.2, -0.15) is 0 Å². The largest absolute Gasteiger partial charge is 0.481 e. The van der Waals surface area contributed by atoms with E-state index in [0.29, 0.717) is 0 Å². The van der Waals surface area contributed by atoms with E-state index in [-0.39, 0.29) is 6.42 Å². The molecule has 0 spiro atoms. The Morgan fingerprint density at radius 3 is 2.64 bits per heavy atom. The summed E-state index contributed by atoms with van der Waals surface area (Å²) >= 11 is 3.35. The molecule has 0 saturated heterocycles. The molecule has 1 rings (SSSR count). The Labute approximate surface area is 91.1 Å². The lowest BCUT2D eigenvalue weighted by molar-refractivity contribution is -0.138. The van der Waals surface area contributed by atoms with Crippen LogP contribution in [0.25, 0.3) is 0 Å². The van der Waals surface area contributed by atoms with Crippen molar-refractivity contribution in [2.24, 2.45) is 5.73 Å². The first-order chi connectivity index (χ1) is 6.43. The summed E-state index contributed by atoms with van der Waals surface area (Å²) in [6.07, 6.45) is -0.0877. The van der Waals surface area contributed by atoms with Gasteiger partial charge in [0.15, 0.2) is 0 Å². The van der Waals surface area contributed by atoms with Crippen LogP contribution in [0.1, 0.15) is 18.9 Å². The highest BCUT2D eigenvalue weighted by Gasteiger charge is 2.26. The molecule has 76 valence electrons. The number of rotatable bonds is 3. The summed E-state index contributed by atoms with van der Waals surface area (Å²) in [6, 6.07) is 7.38. The third-order valence-corrected chi connectivity index (χ3v) is 2.70. The van der Waals surface area contributed by atoms with E-state index in [1.807, 2.05) is 24.3 Å². The average molecular weight is 258 g/mol. The number of halogens is 1. The third kappa shape index (κ3) is 2.56. The molecule has 3 nitrogen and oxygen atoms in total. The molecule has 0 aliphatic carbocycles. The molecule has 1 aromatic rings. The molecular formula is C10H12BrNO2. The van der Waals surface area contributed by atoms with Gasteiger partial charge in [0.2, 0.25) is 0 Å². The highest BCUT2D eigenvalue weighted by atomic mass is 79.9. The zero-order chi connectivity index (χ0) is 10.8. The molecule has 14 heavy (non-hydrogen) atoms. The minimum absolute atomic E-state index is 0.0877. The molecular weight excluding hydrogens is 246 g/mol. The van der Waals surface area contributed by atoms with Crippen LogP contribution in [0.2, 0.25) is 0 Å². The molecule has 0 fully saturated rings. The summed E-state index contributed by atoms with van der Waals surface area (Å²) in [5.41, 5.74) is 5.90. The number of carboxylic acids is 1. The molecule has 0 aliphatic heterocycles. The Morgan fingerprint density at radius 2 is 2.14 bits per heavy atom. The van der Waals surface area contributed by atoms with Crippen molar-refractivity contribution in [3.05, 3.63) is 34.3 Å². The summed E-state index contributed by atoms with van der Waals surface area (Å²) in [4.78, 5) is 10.6. The summed E-state index contributed by atoms with van der Waals surface area (Å²) in [7, 11) is 0. The second-order valence-electron chi connectivity index (χ2n) is 3.47. The monoisotopic (exact) mass is 257 g/mol. The van der Waals surface area contributed by atoms with Gasteiger partial charge < -0.3 is 10.8 Å². The van der Waals surface area contributed by atoms with Gasteiger partial charge in [-0.05, 0) is 18.6 Å². The minimum Gasteiger partial charge on any atom is -0.481 e. The van der Waals surface area contributed by atoms with Crippen molar-refractivity contribution in [1.29, 1.82) is 0 Å². The highest BCUT2D eigenvalue weighted by molar-refractivity contribution is 9.10. The van der Waals surface area contributed by atoms with Crippen LogP contribution in [0.15, 0.2) is 28.7 Å². The van der Waals surface area contributed by atoms with Crippen LogP contribution in [0.3, 0.4) is 0 Å². The van der Waals surface area contributed by atoms with Gasteiger partial charge in [0.05, 0.1) is 6.42 Å². The first kappa shape index (κ1) is 11.2. The smallest absolute Gasteiger partial charge is 0.305 e. The second kappa shape index (κ2) is 4.11.